The van der Waals surface area contributed by atoms with Crippen LogP contribution in [-0.2, 0) is 20.1 Å². The fourth-order valence-corrected chi connectivity index (χ4v) is 4.06. The van der Waals surface area contributed by atoms with Gasteiger partial charge in [0.1, 0.15) is 0 Å². The van der Waals surface area contributed by atoms with Gasteiger partial charge in [-0.2, -0.15) is 0 Å². The van der Waals surface area contributed by atoms with Crippen LogP contribution in [0.15, 0.2) is 30.3 Å². The van der Waals surface area contributed by atoms with Crippen molar-refractivity contribution in [3.05, 3.63) is 50.7 Å². The van der Waals surface area contributed by atoms with Crippen molar-refractivity contribution in [2.75, 3.05) is 11.1 Å². The van der Waals surface area contributed by atoms with E-state index in [1.165, 1.54) is 23.1 Å². The monoisotopic (exact) mass is 397 g/mol. The maximum Gasteiger partial charge on any atom is 0.316 e. The van der Waals surface area contributed by atoms with Gasteiger partial charge in [0.25, 0.3) is 5.91 Å². The summed E-state index contributed by atoms with van der Waals surface area (Å²) in [4.78, 5) is 25.2. The molecular formula is C18H20ClNO3S2. The van der Waals surface area contributed by atoms with Crippen LogP contribution in [-0.4, -0.2) is 23.7 Å². The number of amides is 1. The topological polar surface area (TPSA) is 55.4 Å². The Kier molecular flexibility index (Phi) is 7.35. The molecule has 134 valence electrons. The standard InChI is InChI=1S/C18H20ClNO3S2/c1-11-4-5-12(2)15(8-11)20-18(22)13(3)23-17(21)10-24-9-14-6-7-16(19)25-14/h4-8,13H,9-10H2,1-3H3,(H,20,22)/t13-/m1/s1. The van der Waals surface area contributed by atoms with Crippen LogP contribution in [0.4, 0.5) is 5.69 Å². The maximum absolute atomic E-state index is 12.2. The van der Waals surface area contributed by atoms with Crippen LogP contribution in [0.3, 0.4) is 0 Å². The lowest BCUT2D eigenvalue weighted by molar-refractivity contribution is -0.150. The van der Waals surface area contributed by atoms with Gasteiger partial charge in [-0.1, -0.05) is 23.7 Å². The predicted molar refractivity (Wildman–Crippen MR) is 106 cm³/mol. The largest absolute Gasteiger partial charge is 0.452 e. The Bertz CT molecular complexity index is 761. The zero-order valence-corrected chi connectivity index (χ0v) is 16.7. The highest BCUT2D eigenvalue weighted by atomic mass is 35.5. The average Bonchev–Trinajstić information content (AvgIpc) is 2.96. The minimum Gasteiger partial charge on any atom is -0.452 e. The summed E-state index contributed by atoms with van der Waals surface area (Å²) in [7, 11) is 0. The number of ether oxygens (including phenoxy) is 1. The molecule has 0 spiro atoms. The van der Waals surface area contributed by atoms with Crippen molar-refractivity contribution in [1.82, 2.24) is 0 Å². The Morgan fingerprint density at radius 2 is 2.04 bits per heavy atom. The normalized spacial score (nSPS) is 11.8. The van der Waals surface area contributed by atoms with Gasteiger partial charge in [-0.25, -0.2) is 0 Å². The number of halogens is 1. The van der Waals surface area contributed by atoms with E-state index in [-0.39, 0.29) is 11.7 Å². The quantitative estimate of drug-likeness (QED) is 0.680. The van der Waals surface area contributed by atoms with Crippen LogP contribution in [0.1, 0.15) is 22.9 Å². The number of anilines is 1. The highest BCUT2D eigenvalue weighted by Gasteiger charge is 2.18. The third-order valence-corrected chi connectivity index (χ3v) is 5.79. The van der Waals surface area contributed by atoms with E-state index in [2.05, 4.69) is 5.32 Å². The molecular weight excluding hydrogens is 378 g/mol. The molecule has 1 N–H and O–H groups in total. The Balaban J connectivity index is 1.77. The molecule has 2 rings (SSSR count). The number of carbonyl (C=O) groups is 2. The Morgan fingerprint density at radius 3 is 2.72 bits per heavy atom. The molecule has 1 aromatic heterocycles. The summed E-state index contributed by atoms with van der Waals surface area (Å²) < 4.78 is 5.93. The summed E-state index contributed by atoms with van der Waals surface area (Å²) in [6.07, 6.45) is -0.843. The van der Waals surface area contributed by atoms with Crippen LogP contribution in [0, 0.1) is 13.8 Å². The van der Waals surface area contributed by atoms with Gasteiger partial charge < -0.3 is 10.1 Å². The van der Waals surface area contributed by atoms with Gasteiger partial charge in [0.15, 0.2) is 6.10 Å². The predicted octanol–water partition coefficient (Wildman–Crippen LogP) is 4.82. The van der Waals surface area contributed by atoms with Gasteiger partial charge in [0.2, 0.25) is 0 Å². The number of rotatable bonds is 7. The molecule has 1 heterocycles. The first-order valence-corrected chi connectivity index (χ1v) is 10.1. The minimum absolute atomic E-state index is 0.191. The Hall–Kier alpha value is -1.50. The third-order valence-electron chi connectivity index (χ3n) is 3.42. The zero-order chi connectivity index (χ0) is 18.4. The second-order valence-corrected chi connectivity index (χ2v) is 8.42. The second kappa shape index (κ2) is 9.27. The molecule has 0 aliphatic carbocycles. The summed E-state index contributed by atoms with van der Waals surface area (Å²) in [6.45, 7) is 5.44. The number of thiophene rings is 1. The van der Waals surface area contributed by atoms with Gasteiger partial charge in [-0.15, -0.1) is 23.1 Å². The first-order valence-electron chi connectivity index (χ1n) is 7.74. The van der Waals surface area contributed by atoms with E-state index in [0.29, 0.717) is 5.75 Å². The van der Waals surface area contributed by atoms with Crippen molar-refractivity contribution < 1.29 is 14.3 Å². The SMILES string of the molecule is Cc1ccc(C)c(NC(=O)[C@@H](C)OC(=O)CSCc2ccc(Cl)s2)c1. The lowest BCUT2D eigenvalue weighted by Crippen LogP contribution is -2.30. The number of hydrogen-bond donors (Lipinski definition) is 1. The molecule has 1 aromatic carbocycles. The fraction of sp³-hybridized carbons (Fsp3) is 0.333. The van der Waals surface area contributed by atoms with Crippen molar-refractivity contribution in [2.24, 2.45) is 0 Å². The lowest BCUT2D eigenvalue weighted by Gasteiger charge is -2.15. The molecule has 7 heteroatoms. The van der Waals surface area contributed by atoms with Crippen LogP contribution < -0.4 is 5.32 Å². The van der Waals surface area contributed by atoms with Crippen LogP contribution in [0.2, 0.25) is 4.34 Å². The highest BCUT2D eigenvalue weighted by molar-refractivity contribution is 7.99. The van der Waals surface area contributed by atoms with E-state index in [1.54, 1.807) is 6.92 Å². The molecule has 0 aliphatic heterocycles. The number of benzene rings is 1. The lowest BCUT2D eigenvalue weighted by atomic mass is 10.1. The molecule has 0 fully saturated rings. The van der Waals surface area contributed by atoms with Crippen LogP contribution in [0.5, 0.6) is 0 Å². The van der Waals surface area contributed by atoms with Gasteiger partial charge in [0, 0.05) is 16.3 Å². The van der Waals surface area contributed by atoms with E-state index in [0.717, 1.165) is 26.0 Å². The molecule has 1 amide bonds. The fourth-order valence-electron chi connectivity index (χ4n) is 2.05. The molecule has 4 nitrogen and oxygen atoms in total. The molecule has 0 unspecified atom stereocenters. The van der Waals surface area contributed by atoms with Gasteiger partial charge in [-0.3, -0.25) is 9.59 Å². The number of aryl methyl sites for hydroxylation is 2. The van der Waals surface area contributed by atoms with Crippen molar-refractivity contribution in [3.8, 4) is 0 Å². The number of hydrogen-bond acceptors (Lipinski definition) is 5. The van der Waals surface area contributed by atoms with E-state index >= 15 is 0 Å². The summed E-state index contributed by atoms with van der Waals surface area (Å²) in [5.41, 5.74) is 2.75. The molecule has 0 bridgehead atoms. The highest BCUT2D eigenvalue weighted by Crippen LogP contribution is 2.25. The Labute approximate surface area is 160 Å². The number of esters is 1. The van der Waals surface area contributed by atoms with Gasteiger partial charge in [0.05, 0.1) is 10.1 Å². The first kappa shape index (κ1) is 19.8. The van der Waals surface area contributed by atoms with Crippen molar-refractivity contribution in [2.45, 2.75) is 32.6 Å². The zero-order valence-electron chi connectivity index (χ0n) is 14.3. The summed E-state index contributed by atoms with van der Waals surface area (Å²) in [5, 5.41) is 2.80. The van der Waals surface area contributed by atoms with E-state index in [9.17, 15) is 9.59 Å². The van der Waals surface area contributed by atoms with E-state index in [1.807, 2.05) is 44.2 Å². The summed E-state index contributed by atoms with van der Waals surface area (Å²) in [5.74, 6) is 0.139. The van der Waals surface area contributed by atoms with Crippen LogP contribution in [0.25, 0.3) is 0 Å². The number of thioether (sulfide) groups is 1. The smallest absolute Gasteiger partial charge is 0.316 e. The Morgan fingerprint density at radius 1 is 1.28 bits per heavy atom. The second-order valence-electron chi connectivity index (χ2n) is 5.64. The molecule has 0 saturated heterocycles. The van der Waals surface area contributed by atoms with Gasteiger partial charge >= 0.3 is 5.97 Å². The third kappa shape index (κ3) is 6.38. The van der Waals surface area contributed by atoms with Crippen molar-refractivity contribution >= 4 is 52.3 Å². The number of carbonyl (C=O) groups excluding carboxylic acids is 2. The molecule has 25 heavy (non-hydrogen) atoms. The summed E-state index contributed by atoms with van der Waals surface area (Å²) in [6, 6.07) is 9.58. The average molecular weight is 398 g/mol. The molecule has 0 aliphatic rings. The van der Waals surface area contributed by atoms with Gasteiger partial charge in [-0.05, 0) is 50.1 Å². The maximum atomic E-state index is 12.2. The van der Waals surface area contributed by atoms with E-state index < -0.39 is 12.1 Å². The minimum atomic E-state index is -0.843. The van der Waals surface area contributed by atoms with Crippen molar-refractivity contribution in [3.63, 3.8) is 0 Å². The molecule has 1 atom stereocenters. The molecule has 2 aromatic rings. The molecule has 0 saturated carbocycles. The number of nitrogens with one attached hydrogen (secondary N) is 1. The summed E-state index contributed by atoms with van der Waals surface area (Å²) >= 11 is 8.79. The van der Waals surface area contributed by atoms with Crippen LogP contribution >= 0.6 is 34.7 Å². The van der Waals surface area contributed by atoms with Crippen molar-refractivity contribution in [1.29, 1.82) is 0 Å². The van der Waals surface area contributed by atoms with E-state index in [4.69, 9.17) is 16.3 Å². The molecule has 0 radical (unpaired) electrons. The first-order chi connectivity index (χ1) is 11.8.